The van der Waals surface area contributed by atoms with Gasteiger partial charge < -0.3 is 15.0 Å². The lowest BCUT2D eigenvalue weighted by Gasteiger charge is -2.31. The van der Waals surface area contributed by atoms with E-state index in [1.54, 1.807) is 7.11 Å². The molecule has 1 unspecified atom stereocenters. The number of rotatable bonds is 3. The van der Waals surface area contributed by atoms with E-state index in [4.69, 9.17) is 4.74 Å². The zero-order valence-corrected chi connectivity index (χ0v) is 11.0. The second kappa shape index (κ2) is 5.87. The van der Waals surface area contributed by atoms with Gasteiger partial charge in [-0.05, 0) is 43.7 Å². The Kier molecular flexibility index (Phi) is 4.20. The smallest absolute Gasteiger partial charge is 0.253 e. The summed E-state index contributed by atoms with van der Waals surface area (Å²) in [5.41, 5.74) is 0.712. The maximum absolute atomic E-state index is 12.3. The molecule has 4 heteroatoms. The van der Waals surface area contributed by atoms with Gasteiger partial charge in [0.05, 0.1) is 7.11 Å². The molecule has 98 valence electrons. The number of nitrogens with zero attached hydrogens (tertiary/aromatic N) is 1. The average Bonchev–Trinajstić information content (AvgIpc) is 2.47. The average molecular weight is 248 g/mol. The minimum Gasteiger partial charge on any atom is -0.497 e. The number of carbonyl (C=O) groups is 1. The summed E-state index contributed by atoms with van der Waals surface area (Å²) in [6.07, 6.45) is 2.20. The van der Waals surface area contributed by atoms with Crippen molar-refractivity contribution in [2.24, 2.45) is 0 Å². The molecule has 1 heterocycles. The Morgan fingerprint density at radius 2 is 2.11 bits per heavy atom. The number of benzene rings is 1. The number of ether oxygens (including phenoxy) is 1. The van der Waals surface area contributed by atoms with Crippen LogP contribution in [0.2, 0.25) is 0 Å². The standard InChI is InChI=1S/C14H20N2O2/c1-16(12-4-3-9-15-10-12)14(17)11-5-7-13(18-2)8-6-11/h5-8,12,15H,3-4,9-10H2,1-2H3. The zero-order valence-electron chi connectivity index (χ0n) is 11.0. The quantitative estimate of drug-likeness (QED) is 0.881. The molecule has 0 bridgehead atoms. The summed E-state index contributed by atoms with van der Waals surface area (Å²) in [6, 6.07) is 7.57. The van der Waals surface area contributed by atoms with Gasteiger partial charge in [-0.25, -0.2) is 0 Å². The van der Waals surface area contributed by atoms with Crippen LogP contribution in [0.1, 0.15) is 23.2 Å². The van der Waals surface area contributed by atoms with Crippen molar-refractivity contribution in [3.8, 4) is 5.75 Å². The van der Waals surface area contributed by atoms with Gasteiger partial charge in [0.2, 0.25) is 0 Å². The fraction of sp³-hybridized carbons (Fsp3) is 0.500. The second-order valence-corrected chi connectivity index (χ2v) is 4.64. The summed E-state index contributed by atoms with van der Waals surface area (Å²) < 4.78 is 5.09. The van der Waals surface area contributed by atoms with Crippen LogP contribution < -0.4 is 10.1 Å². The molecule has 0 saturated carbocycles. The Labute approximate surface area is 108 Å². The summed E-state index contributed by atoms with van der Waals surface area (Å²) in [5, 5.41) is 3.33. The first kappa shape index (κ1) is 12.9. The first-order chi connectivity index (χ1) is 8.72. The van der Waals surface area contributed by atoms with Gasteiger partial charge in [-0.1, -0.05) is 0 Å². The van der Waals surface area contributed by atoms with Crippen molar-refractivity contribution in [1.82, 2.24) is 10.2 Å². The molecule has 1 aromatic carbocycles. The second-order valence-electron chi connectivity index (χ2n) is 4.64. The van der Waals surface area contributed by atoms with E-state index in [-0.39, 0.29) is 5.91 Å². The molecule has 0 radical (unpaired) electrons. The van der Waals surface area contributed by atoms with Crippen LogP contribution >= 0.6 is 0 Å². The number of likely N-dealkylation sites (N-methyl/N-ethyl adjacent to an activating group) is 1. The molecule has 1 amide bonds. The van der Waals surface area contributed by atoms with Crippen molar-refractivity contribution in [2.45, 2.75) is 18.9 Å². The molecule has 1 fully saturated rings. The predicted octanol–water partition coefficient (Wildman–Crippen LogP) is 1.52. The maximum atomic E-state index is 12.3. The Hall–Kier alpha value is -1.55. The van der Waals surface area contributed by atoms with Crippen LogP contribution in [0.15, 0.2) is 24.3 Å². The number of carbonyl (C=O) groups excluding carboxylic acids is 1. The summed E-state index contributed by atoms with van der Waals surface area (Å²) >= 11 is 0. The summed E-state index contributed by atoms with van der Waals surface area (Å²) in [5.74, 6) is 0.847. The zero-order chi connectivity index (χ0) is 13.0. The van der Waals surface area contributed by atoms with Crippen LogP contribution in [-0.4, -0.2) is 44.1 Å². The maximum Gasteiger partial charge on any atom is 0.253 e. The lowest BCUT2D eigenvalue weighted by molar-refractivity contribution is 0.0708. The van der Waals surface area contributed by atoms with E-state index in [0.29, 0.717) is 11.6 Å². The van der Waals surface area contributed by atoms with Gasteiger partial charge in [0, 0.05) is 25.2 Å². The first-order valence-electron chi connectivity index (χ1n) is 6.34. The van der Waals surface area contributed by atoms with Crippen molar-refractivity contribution >= 4 is 5.91 Å². The molecular weight excluding hydrogens is 228 g/mol. The molecule has 1 saturated heterocycles. The highest BCUT2D eigenvalue weighted by Crippen LogP contribution is 2.15. The van der Waals surface area contributed by atoms with Crippen molar-refractivity contribution in [3.05, 3.63) is 29.8 Å². The Morgan fingerprint density at radius 3 is 2.67 bits per heavy atom. The topological polar surface area (TPSA) is 41.6 Å². The fourth-order valence-corrected chi connectivity index (χ4v) is 2.27. The Bertz CT molecular complexity index is 397. The summed E-state index contributed by atoms with van der Waals surface area (Å²) in [7, 11) is 3.50. The molecule has 1 aliphatic heterocycles. The van der Waals surface area contributed by atoms with Gasteiger partial charge >= 0.3 is 0 Å². The Balaban J connectivity index is 2.04. The van der Waals surface area contributed by atoms with Crippen molar-refractivity contribution in [3.63, 3.8) is 0 Å². The lowest BCUT2D eigenvalue weighted by Crippen LogP contribution is -2.46. The van der Waals surface area contributed by atoms with Crippen LogP contribution in [0.25, 0.3) is 0 Å². The normalized spacial score (nSPS) is 19.3. The van der Waals surface area contributed by atoms with E-state index in [0.717, 1.165) is 31.7 Å². The molecule has 1 N–H and O–H groups in total. The lowest BCUT2D eigenvalue weighted by atomic mass is 10.1. The van der Waals surface area contributed by atoms with Crippen molar-refractivity contribution in [2.75, 3.05) is 27.2 Å². The molecular formula is C14H20N2O2. The van der Waals surface area contributed by atoms with Crippen LogP contribution in [0.3, 0.4) is 0 Å². The summed E-state index contributed by atoms with van der Waals surface area (Å²) in [4.78, 5) is 14.1. The van der Waals surface area contributed by atoms with Crippen molar-refractivity contribution < 1.29 is 9.53 Å². The van der Waals surface area contributed by atoms with Gasteiger partial charge in [-0.2, -0.15) is 0 Å². The monoisotopic (exact) mass is 248 g/mol. The van der Waals surface area contributed by atoms with Gasteiger partial charge in [0.25, 0.3) is 5.91 Å². The highest BCUT2D eigenvalue weighted by molar-refractivity contribution is 5.94. The molecule has 0 aliphatic carbocycles. The molecule has 0 spiro atoms. The Morgan fingerprint density at radius 1 is 1.39 bits per heavy atom. The third-order valence-electron chi connectivity index (χ3n) is 3.48. The molecule has 1 aromatic rings. The number of amides is 1. The van der Waals surface area contributed by atoms with Gasteiger partial charge in [-0.3, -0.25) is 4.79 Å². The predicted molar refractivity (Wildman–Crippen MR) is 71.0 cm³/mol. The van der Waals surface area contributed by atoms with E-state index in [9.17, 15) is 4.79 Å². The number of piperidine rings is 1. The number of nitrogens with one attached hydrogen (secondary N) is 1. The van der Waals surface area contributed by atoms with E-state index >= 15 is 0 Å². The minimum absolute atomic E-state index is 0.0753. The van der Waals surface area contributed by atoms with Gasteiger partial charge in [0.1, 0.15) is 5.75 Å². The van der Waals surface area contributed by atoms with E-state index in [1.165, 1.54) is 0 Å². The highest BCUT2D eigenvalue weighted by Gasteiger charge is 2.22. The first-order valence-corrected chi connectivity index (χ1v) is 6.34. The van der Waals surface area contributed by atoms with E-state index < -0.39 is 0 Å². The van der Waals surface area contributed by atoms with E-state index in [1.807, 2.05) is 36.2 Å². The van der Waals surface area contributed by atoms with Crippen molar-refractivity contribution in [1.29, 1.82) is 0 Å². The van der Waals surface area contributed by atoms with Gasteiger partial charge in [0.15, 0.2) is 0 Å². The van der Waals surface area contributed by atoms with Crippen LogP contribution in [0.5, 0.6) is 5.75 Å². The van der Waals surface area contributed by atoms with Crippen LogP contribution in [0, 0.1) is 0 Å². The van der Waals surface area contributed by atoms with Crippen LogP contribution in [0.4, 0.5) is 0 Å². The van der Waals surface area contributed by atoms with Crippen LogP contribution in [-0.2, 0) is 0 Å². The number of hydrogen-bond donors (Lipinski definition) is 1. The fourth-order valence-electron chi connectivity index (χ4n) is 2.27. The molecule has 4 nitrogen and oxygen atoms in total. The summed E-state index contributed by atoms with van der Waals surface area (Å²) in [6.45, 7) is 1.94. The molecule has 0 aromatic heterocycles. The molecule has 2 rings (SSSR count). The van der Waals surface area contributed by atoms with E-state index in [2.05, 4.69) is 5.32 Å². The SMILES string of the molecule is COc1ccc(C(=O)N(C)C2CCCNC2)cc1. The molecule has 1 atom stereocenters. The third kappa shape index (κ3) is 2.82. The third-order valence-corrected chi connectivity index (χ3v) is 3.48. The molecule has 18 heavy (non-hydrogen) atoms. The number of hydrogen-bond acceptors (Lipinski definition) is 3. The largest absolute Gasteiger partial charge is 0.497 e. The molecule has 1 aliphatic rings. The highest BCUT2D eigenvalue weighted by atomic mass is 16.5. The minimum atomic E-state index is 0.0753. The number of methoxy groups -OCH3 is 1. The van der Waals surface area contributed by atoms with Gasteiger partial charge in [-0.15, -0.1) is 0 Å².